The number of guanidine groups is 1. The van der Waals surface area contributed by atoms with E-state index in [4.69, 9.17) is 5.73 Å². The third-order valence-electron chi connectivity index (χ3n) is 4.97. The van der Waals surface area contributed by atoms with Gasteiger partial charge in [-0.2, -0.15) is 5.10 Å². The van der Waals surface area contributed by atoms with Gasteiger partial charge in [0.15, 0.2) is 11.6 Å². The summed E-state index contributed by atoms with van der Waals surface area (Å²) < 4.78 is 1.79. The molecule has 0 saturated carbocycles. The number of nitrogens with one attached hydrogen (secondary N) is 1. The number of hydrogen-bond donors (Lipinski definition) is 2. The molecule has 3 aromatic rings. The summed E-state index contributed by atoms with van der Waals surface area (Å²) in [5.41, 5.74) is 9.26. The molecule has 148 valence electrons. The summed E-state index contributed by atoms with van der Waals surface area (Å²) >= 11 is 0. The van der Waals surface area contributed by atoms with E-state index >= 15 is 0 Å². The number of piperidine rings is 1. The van der Waals surface area contributed by atoms with Gasteiger partial charge < -0.3 is 11.1 Å². The van der Waals surface area contributed by atoms with Gasteiger partial charge in [-0.1, -0.05) is 30.3 Å². The molecule has 1 aromatic carbocycles. The fraction of sp³-hybridized carbons (Fsp3) is 0.350. The third-order valence-corrected chi connectivity index (χ3v) is 4.97. The highest BCUT2D eigenvalue weighted by molar-refractivity contribution is 14.0. The van der Waals surface area contributed by atoms with Crippen molar-refractivity contribution in [2.45, 2.75) is 32.0 Å². The van der Waals surface area contributed by atoms with Gasteiger partial charge in [0.25, 0.3) is 0 Å². The standard InChI is InChI=1S/C20H25N7.HI/c21-20(23-14-18-6-10-22-19-7-11-24-27(18)19)25-17-8-12-26(13-9-17)15-16-4-2-1-3-5-16;/h1-7,10-11,17H,8-9,12-15H2,(H3,21,23,25);1H. The molecule has 0 atom stereocenters. The monoisotopic (exact) mass is 491 g/mol. The zero-order chi connectivity index (χ0) is 18.5. The molecule has 7 nitrogen and oxygen atoms in total. The van der Waals surface area contributed by atoms with E-state index in [0.717, 1.165) is 43.8 Å². The number of likely N-dealkylation sites (tertiary alicyclic amines) is 1. The fourth-order valence-corrected chi connectivity index (χ4v) is 3.50. The van der Waals surface area contributed by atoms with Gasteiger partial charge in [0.1, 0.15) is 0 Å². The number of benzene rings is 1. The van der Waals surface area contributed by atoms with Gasteiger partial charge in [0.05, 0.1) is 18.4 Å². The highest BCUT2D eigenvalue weighted by Gasteiger charge is 2.19. The first kappa shape index (κ1) is 20.5. The Morgan fingerprint density at radius 1 is 1.11 bits per heavy atom. The second-order valence-corrected chi connectivity index (χ2v) is 6.92. The number of nitrogens with zero attached hydrogens (tertiary/aromatic N) is 5. The van der Waals surface area contributed by atoms with E-state index in [-0.39, 0.29) is 24.0 Å². The molecule has 0 amide bonds. The third kappa shape index (κ3) is 5.20. The number of fused-ring (bicyclic) bond motifs is 1. The molecule has 0 spiro atoms. The summed E-state index contributed by atoms with van der Waals surface area (Å²) in [6, 6.07) is 14.8. The first-order valence-corrected chi connectivity index (χ1v) is 9.38. The van der Waals surface area contributed by atoms with E-state index in [1.54, 1.807) is 16.9 Å². The number of halogens is 1. The van der Waals surface area contributed by atoms with Crippen molar-refractivity contribution >= 4 is 35.6 Å². The molecule has 1 fully saturated rings. The Kier molecular flexibility index (Phi) is 7.21. The Morgan fingerprint density at radius 3 is 2.68 bits per heavy atom. The van der Waals surface area contributed by atoms with Crippen LogP contribution in [0.25, 0.3) is 5.65 Å². The van der Waals surface area contributed by atoms with E-state index in [0.29, 0.717) is 18.5 Å². The number of aliphatic imine (C=N–C) groups is 1. The van der Waals surface area contributed by atoms with Crippen LogP contribution >= 0.6 is 24.0 Å². The number of rotatable bonds is 5. The Bertz CT molecular complexity index is 901. The molecule has 1 aliphatic rings. The molecule has 28 heavy (non-hydrogen) atoms. The summed E-state index contributed by atoms with van der Waals surface area (Å²) in [6.07, 6.45) is 5.65. The van der Waals surface area contributed by atoms with Crippen molar-refractivity contribution in [3.63, 3.8) is 0 Å². The molecule has 2 aromatic heterocycles. The minimum absolute atomic E-state index is 0. The molecular formula is C20H26IN7. The molecule has 3 heterocycles. The topological polar surface area (TPSA) is 83.8 Å². The van der Waals surface area contributed by atoms with Gasteiger partial charge in [-0.15, -0.1) is 24.0 Å². The summed E-state index contributed by atoms with van der Waals surface area (Å²) in [4.78, 5) is 11.2. The fourth-order valence-electron chi connectivity index (χ4n) is 3.50. The first-order chi connectivity index (χ1) is 13.3. The zero-order valence-electron chi connectivity index (χ0n) is 15.7. The van der Waals surface area contributed by atoms with Gasteiger partial charge in [-0.05, 0) is 24.5 Å². The van der Waals surface area contributed by atoms with Crippen LogP contribution in [0.2, 0.25) is 0 Å². The van der Waals surface area contributed by atoms with E-state index in [1.165, 1.54) is 5.56 Å². The minimum atomic E-state index is 0. The van der Waals surface area contributed by atoms with Crippen molar-refractivity contribution in [3.05, 3.63) is 66.1 Å². The molecule has 0 unspecified atom stereocenters. The summed E-state index contributed by atoms with van der Waals surface area (Å²) in [5.74, 6) is 0.494. The average Bonchev–Trinajstić information content (AvgIpc) is 3.18. The lowest BCUT2D eigenvalue weighted by Gasteiger charge is -2.32. The maximum atomic E-state index is 6.11. The van der Waals surface area contributed by atoms with Crippen molar-refractivity contribution in [2.24, 2.45) is 10.7 Å². The van der Waals surface area contributed by atoms with Gasteiger partial charge in [-0.3, -0.25) is 4.90 Å². The lowest BCUT2D eigenvalue weighted by Crippen LogP contribution is -2.46. The Morgan fingerprint density at radius 2 is 1.89 bits per heavy atom. The average molecular weight is 491 g/mol. The second kappa shape index (κ2) is 9.83. The van der Waals surface area contributed by atoms with Crippen LogP contribution in [0.3, 0.4) is 0 Å². The molecule has 8 heteroatoms. The SMILES string of the molecule is I.NC(=NCc1ccnc2ccnn12)NC1CCN(Cc2ccccc2)CC1. The predicted molar refractivity (Wildman–Crippen MR) is 122 cm³/mol. The lowest BCUT2D eigenvalue weighted by atomic mass is 10.0. The lowest BCUT2D eigenvalue weighted by molar-refractivity contribution is 0.199. The molecular weight excluding hydrogens is 465 g/mol. The molecule has 0 aliphatic carbocycles. The van der Waals surface area contributed by atoms with E-state index in [1.807, 2.05) is 12.1 Å². The van der Waals surface area contributed by atoms with Crippen LogP contribution in [0.5, 0.6) is 0 Å². The molecule has 4 rings (SSSR count). The summed E-state index contributed by atoms with van der Waals surface area (Å²) in [7, 11) is 0. The Labute approximate surface area is 182 Å². The van der Waals surface area contributed by atoms with Crippen LogP contribution in [-0.4, -0.2) is 44.6 Å². The van der Waals surface area contributed by atoms with Gasteiger partial charge >= 0.3 is 0 Å². The van der Waals surface area contributed by atoms with Crippen molar-refractivity contribution in [1.82, 2.24) is 24.8 Å². The highest BCUT2D eigenvalue weighted by Crippen LogP contribution is 2.13. The normalized spacial score (nSPS) is 16.1. The van der Waals surface area contributed by atoms with Gasteiger partial charge in [0.2, 0.25) is 0 Å². The van der Waals surface area contributed by atoms with E-state index in [9.17, 15) is 0 Å². The van der Waals surface area contributed by atoms with Crippen LogP contribution in [-0.2, 0) is 13.1 Å². The minimum Gasteiger partial charge on any atom is -0.370 e. The number of hydrogen-bond acceptors (Lipinski definition) is 4. The largest absolute Gasteiger partial charge is 0.370 e. The van der Waals surface area contributed by atoms with Crippen molar-refractivity contribution in [2.75, 3.05) is 13.1 Å². The molecule has 0 bridgehead atoms. The van der Waals surface area contributed by atoms with Crippen LogP contribution in [0.1, 0.15) is 24.1 Å². The van der Waals surface area contributed by atoms with Gasteiger partial charge in [-0.25, -0.2) is 14.5 Å². The molecule has 1 aliphatic heterocycles. The molecule has 0 radical (unpaired) electrons. The van der Waals surface area contributed by atoms with Crippen LogP contribution < -0.4 is 11.1 Å². The Hall–Kier alpha value is -2.20. The molecule has 1 saturated heterocycles. The Balaban J connectivity index is 0.00000225. The van der Waals surface area contributed by atoms with Crippen molar-refractivity contribution in [3.8, 4) is 0 Å². The van der Waals surface area contributed by atoms with E-state index < -0.39 is 0 Å². The van der Waals surface area contributed by atoms with Gasteiger partial charge in [0, 0.05) is 37.9 Å². The zero-order valence-corrected chi connectivity index (χ0v) is 18.1. The van der Waals surface area contributed by atoms with Crippen LogP contribution in [0.15, 0.2) is 59.9 Å². The second-order valence-electron chi connectivity index (χ2n) is 6.92. The smallest absolute Gasteiger partial charge is 0.189 e. The molecule has 3 N–H and O–H groups in total. The number of nitrogens with two attached hydrogens (primary N) is 1. The first-order valence-electron chi connectivity index (χ1n) is 9.38. The maximum Gasteiger partial charge on any atom is 0.189 e. The van der Waals surface area contributed by atoms with Crippen molar-refractivity contribution in [1.29, 1.82) is 0 Å². The highest BCUT2D eigenvalue weighted by atomic mass is 127. The van der Waals surface area contributed by atoms with Crippen LogP contribution in [0.4, 0.5) is 0 Å². The summed E-state index contributed by atoms with van der Waals surface area (Å²) in [6.45, 7) is 3.63. The number of aromatic nitrogens is 3. The van der Waals surface area contributed by atoms with Crippen molar-refractivity contribution < 1.29 is 0 Å². The van der Waals surface area contributed by atoms with E-state index in [2.05, 4.69) is 55.6 Å². The summed E-state index contributed by atoms with van der Waals surface area (Å²) in [5, 5.41) is 7.64. The quantitative estimate of drug-likeness (QED) is 0.326. The van der Waals surface area contributed by atoms with Crippen LogP contribution in [0, 0.1) is 0 Å². The maximum absolute atomic E-state index is 6.11. The predicted octanol–water partition coefficient (Wildman–Crippen LogP) is 2.42.